The van der Waals surface area contributed by atoms with Gasteiger partial charge in [-0.15, -0.1) is 0 Å². The summed E-state index contributed by atoms with van der Waals surface area (Å²) in [5.74, 6) is 1.61. The van der Waals surface area contributed by atoms with Crippen LogP contribution in [-0.4, -0.2) is 32.9 Å². The van der Waals surface area contributed by atoms with Crippen molar-refractivity contribution in [2.45, 2.75) is 45.2 Å². The molecular formula is C18H24N4O3. The fourth-order valence-electron chi connectivity index (χ4n) is 3.18. The van der Waals surface area contributed by atoms with Crippen molar-refractivity contribution in [1.82, 2.24) is 19.7 Å². The molecule has 0 saturated carbocycles. The van der Waals surface area contributed by atoms with Crippen LogP contribution in [0.4, 0.5) is 0 Å². The van der Waals surface area contributed by atoms with E-state index < -0.39 is 0 Å². The number of hydrogen-bond acceptors (Lipinski definition) is 4. The lowest BCUT2D eigenvalue weighted by atomic mass is 10.1. The summed E-state index contributed by atoms with van der Waals surface area (Å²) < 4.78 is 8.49. The van der Waals surface area contributed by atoms with Crippen LogP contribution in [0.15, 0.2) is 29.1 Å². The third-order valence-corrected chi connectivity index (χ3v) is 4.47. The van der Waals surface area contributed by atoms with Gasteiger partial charge < -0.3 is 10.1 Å². The Kier molecular flexibility index (Phi) is 5.21. The molecule has 7 heteroatoms. The van der Waals surface area contributed by atoms with Crippen molar-refractivity contribution in [2.24, 2.45) is 7.05 Å². The number of nitrogens with one attached hydrogen (secondary N) is 1. The smallest absolute Gasteiger partial charge is 0.345 e. The topological polar surface area (TPSA) is 78.2 Å². The van der Waals surface area contributed by atoms with E-state index in [0.29, 0.717) is 26.0 Å². The fraction of sp³-hybridized carbons (Fsp3) is 0.500. The van der Waals surface area contributed by atoms with Gasteiger partial charge in [-0.2, -0.15) is 5.10 Å². The molecule has 0 radical (unpaired) electrons. The molecule has 1 aromatic heterocycles. The van der Waals surface area contributed by atoms with E-state index in [4.69, 9.17) is 4.74 Å². The maximum atomic E-state index is 12.3. The van der Waals surface area contributed by atoms with Gasteiger partial charge in [0.15, 0.2) is 0 Å². The van der Waals surface area contributed by atoms with Crippen LogP contribution in [0.5, 0.6) is 5.75 Å². The molecule has 0 spiro atoms. The number of benzene rings is 1. The molecule has 1 aliphatic heterocycles. The van der Waals surface area contributed by atoms with Gasteiger partial charge in [-0.05, 0) is 37.5 Å². The van der Waals surface area contributed by atoms with Crippen LogP contribution < -0.4 is 15.7 Å². The van der Waals surface area contributed by atoms with Crippen LogP contribution in [0, 0.1) is 0 Å². The maximum Gasteiger partial charge on any atom is 0.345 e. The van der Waals surface area contributed by atoms with Crippen molar-refractivity contribution >= 4 is 5.91 Å². The van der Waals surface area contributed by atoms with Gasteiger partial charge in [0.1, 0.15) is 11.6 Å². The summed E-state index contributed by atoms with van der Waals surface area (Å²) >= 11 is 0. The molecule has 0 saturated heterocycles. The summed E-state index contributed by atoms with van der Waals surface area (Å²) in [5, 5.41) is 7.34. The first kappa shape index (κ1) is 17.3. The van der Waals surface area contributed by atoms with Crippen LogP contribution in [0.1, 0.15) is 31.2 Å². The SMILES string of the molecule is CCOc1ccc(CC(=O)NC2CCc3nn(C)c(=O)n3CC2)cc1. The molecule has 1 amide bonds. The van der Waals surface area contributed by atoms with Crippen LogP contribution in [0.25, 0.3) is 0 Å². The van der Waals surface area contributed by atoms with E-state index in [1.807, 2.05) is 31.2 Å². The molecule has 1 unspecified atom stereocenters. The summed E-state index contributed by atoms with van der Waals surface area (Å²) in [6.45, 7) is 3.16. The standard InChI is InChI=1S/C18H24N4O3/c1-3-25-15-7-4-13(5-8-15)12-17(23)19-14-6-9-16-20-21(2)18(24)22(16)11-10-14/h4-5,7-8,14H,3,6,9-12H2,1-2H3,(H,19,23). The summed E-state index contributed by atoms with van der Waals surface area (Å²) in [4.78, 5) is 24.3. The Balaban J connectivity index is 1.54. The zero-order valence-electron chi connectivity index (χ0n) is 14.7. The van der Waals surface area contributed by atoms with Crippen LogP contribution in [0.2, 0.25) is 0 Å². The number of amides is 1. The fourth-order valence-corrected chi connectivity index (χ4v) is 3.18. The molecule has 3 rings (SSSR count). The zero-order valence-corrected chi connectivity index (χ0v) is 14.7. The normalized spacial score (nSPS) is 16.8. The van der Waals surface area contributed by atoms with E-state index in [1.165, 1.54) is 4.68 Å². The number of hydrogen-bond donors (Lipinski definition) is 1. The minimum absolute atomic E-state index is 0.00148. The average molecular weight is 344 g/mol. The molecule has 0 aliphatic carbocycles. The number of aryl methyl sites for hydroxylation is 2. The highest BCUT2D eigenvalue weighted by molar-refractivity contribution is 5.78. The van der Waals surface area contributed by atoms with E-state index in [0.717, 1.165) is 30.0 Å². The molecule has 134 valence electrons. The van der Waals surface area contributed by atoms with Gasteiger partial charge in [-0.1, -0.05) is 12.1 Å². The lowest BCUT2D eigenvalue weighted by Crippen LogP contribution is -2.36. The van der Waals surface area contributed by atoms with Crippen molar-refractivity contribution in [1.29, 1.82) is 0 Å². The molecule has 7 nitrogen and oxygen atoms in total. The summed E-state index contributed by atoms with van der Waals surface area (Å²) in [5.41, 5.74) is 0.868. The van der Waals surface area contributed by atoms with E-state index in [2.05, 4.69) is 10.4 Å². The lowest BCUT2D eigenvalue weighted by molar-refractivity contribution is -0.121. The van der Waals surface area contributed by atoms with Crippen molar-refractivity contribution in [3.63, 3.8) is 0 Å². The van der Waals surface area contributed by atoms with E-state index in [1.54, 1.807) is 11.6 Å². The molecule has 2 heterocycles. The third kappa shape index (κ3) is 4.10. The second kappa shape index (κ2) is 7.55. The molecule has 1 aromatic carbocycles. The Morgan fingerprint density at radius 3 is 2.80 bits per heavy atom. The lowest BCUT2D eigenvalue weighted by Gasteiger charge is -2.16. The molecule has 25 heavy (non-hydrogen) atoms. The van der Waals surface area contributed by atoms with Gasteiger partial charge >= 0.3 is 5.69 Å². The minimum atomic E-state index is -0.0867. The number of aromatic nitrogens is 3. The van der Waals surface area contributed by atoms with Crippen molar-refractivity contribution in [2.75, 3.05) is 6.61 Å². The molecule has 0 fully saturated rings. The summed E-state index contributed by atoms with van der Waals surface area (Å²) in [7, 11) is 1.67. The molecule has 1 N–H and O–H groups in total. The van der Waals surface area contributed by atoms with Gasteiger partial charge in [0.2, 0.25) is 5.91 Å². The Morgan fingerprint density at radius 2 is 2.08 bits per heavy atom. The number of nitrogens with zero attached hydrogens (tertiary/aromatic N) is 3. The Bertz CT molecular complexity index is 792. The van der Waals surface area contributed by atoms with Crippen LogP contribution in [0.3, 0.4) is 0 Å². The average Bonchev–Trinajstić information content (AvgIpc) is 2.74. The molecule has 0 bridgehead atoms. The quantitative estimate of drug-likeness (QED) is 0.879. The molecule has 2 aromatic rings. The highest BCUT2D eigenvalue weighted by Gasteiger charge is 2.21. The van der Waals surface area contributed by atoms with Gasteiger partial charge in [0, 0.05) is 26.1 Å². The first-order valence-corrected chi connectivity index (χ1v) is 8.70. The van der Waals surface area contributed by atoms with Gasteiger partial charge in [0.25, 0.3) is 0 Å². The molecule has 1 aliphatic rings. The Hall–Kier alpha value is -2.57. The van der Waals surface area contributed by atoms with Crippen LogP contribution >= 0.6 is 0 Å². The van der Waals surface area contributed by atoms with E-state index >= 15 is 0 Å². The van der Waals surface area contributed by atoms with Crippen LogP contribution in [-0.2, 0) is 31.2 Å². The van der Waals surface area contributed by atoms with E-state index in [9.17, 15) is 9.59 Å². The van der Waals surface area contributed by atoms with Gasteiger partial charge in [0.05, 0.1) is 13.0 Å². The highest BCUT2D eigenvalue weighted by atomic mass is 16.5. The largest absolute Gasteiger partial charge is 0.494 e. The number of fused-ring (bicyclic) bond motifs is 1. The monoisotopic (exact) mass is 344 g/mol. The highest BCUT2D eigenvalue weighted by Crippen LogP contribution is 2.14. The maximum absolute atomic E-state index is 12.3. The molecule has 1 atom stereocenters. The number of ether oxygens (including phenoxy) is 1. The second-order valence-electron chi connectivity index (χ2n) is 6.32. The van der Waals surface area contributed by atoms with Crippen molar-refractivity contribution < 1.29 is 9.53 Å². The Labute approximate surface area is 146 Å². The minimum Gasteiger partial charge on any atom is -0.494 e. The first-order chi connectivity index (χ1) is 12.1. The van der Waals surface area contributed by atoms with Gasteiger partial charge in [-0.3, -0.25) is 9.36 Å². The van der Waals surface area contributed by atoms with Gasteiger partial charge in [-0.25, -0.2) is 9.48 Å². The second-order valence-corrected chi connectivity index (χ2v) is 6.32. The third-order valence-electron chi connectivity index (χ3n) is 4.47. The number of carbonyl (C=O) groups is 1. The van der Waals surface area contributed by atoms with Crippen molar-refractivity contribution in [3.05, 3.63) is 46.1 Å². The predicted molar refractivity (Wildman–Crippen MR) is 93.7 cm³/mol. The molecular weight excluding hydrogens is 320 g/mol. The summed E-state index contributed by atoms with van der Waals surface area (Å²) in [6, 6.07) is 7.66. The van der Waals surface area contributed by atoms with E-state index in [-0.39, 0.29) is 17.6 Å². The Morgan fingerprint density at radius 1 is 1.32 bits per heavy atom. The first-order valence-electron chi connectivity index (χ1n) is 8.70. The van der Waals surface area contributed by atoms with Crippen molar-refractivity contribution in [3.8, 4) is 5.75 Å². The summed E-state index contributed by atoms with van der Waals surface area (Å²) in [6.07, 6.45) is 2.58. The predicted octanol–water partition coefficient (Wildman–Crippen LogP) is 1.04. The number of carbonyl (C=O) groups excluding carboxylic acids is 1. The zero-order chi connectivity index (χ0) is 17.8. The number of rotatable bonds is 5.